The first-order valence-electron chi connectivity index (χ1n) is 8.98. The van der Waals surface area contributed by atoms with Gasteiger partial charge in [-0.15, -0.1) is 0 Å². The molecule has 7 nitrogen and oxygen atoms in total. The first-order chi connectivity index (χ1) is 13.5. The number of piperazine rings is 1. The second-order valence-electron chi connectivity index (χ2n) is 6.49. The number of carbonyl (C=O) groups excluding carboxylic acids is 1. The minimum atomic E-state index is -0.143. The van der Waals surface area contributed by atoms with Gasteiger partial charge < -0.3 is 24.8 Å². The molecule has 1 aliphatic heterocycles. The summed E-state index contributed by atoms with van der Waals surface area (Å²) in [6.07, 6.45) is 0. The highest BCUT2D eigenvalue weighted by Crippen LogP contribution is 2.35. The van der Waals surface area contributed by atoms with Gasteiger partial charge in [0.1, 0.15) is 17.2 Å². The Labute approximate surface area is 169 Å². The van der Waals surface area contributed by atoms with Crippen LogP contribution in [-0.4, -0.2) is 62.9 Å². The second-order valence-corrected chi connectivity index (χ2v) is 6.89. The number of nitrogens with one attached hydrogen (secondary N) is 1. The molecule has 2 aromatic rings. The number of hydrogen-bond acceptors (Lipinski definition) is 6. The van der Waals surface area contributed by atoms with Crippen LogP contribution in [0.3, 0.4) is 0 Å². The number of carbonyl (C=O) groups is 1. The van der Waals surface area contributed by atoms with Gasteiger partial charge in [-0.05, 0) is 18.2 Å². The second kappa shape index (κ2) is 9.03. The van der Waals surface area contributed by atoms with Crippen molar-refractivity contribution in [2.75, 3.05) is 57.2 Å². The van der Waals surface area contributed by atoms with Crippen LogP contribution in [0.25, 0.3) is 0 Å². The first-order valence-corrected chi connectivity index (χ1v) is 9.36. The largest absolute Gasteiger partial charge is 0.506 e. The molecule has 8 heteroatoms. The average molecular weight is 406 g/mol. The standard InChI is InChI=1S/C20H24ClN3O4/c1-27-18-12-19(28-2)15(11-14(18)21)22-20(26)13-23-7-9-24(10-8-23)16-5-3-4-6-17(16)25/h3-6,11-12,25H,7-10,13H2,1-2H3,(H,22,26). The van der Waals surface area contributed by atoms with Crippen molar-refractivity contribution in [2.24, 2.45) is 0 Å². The molecule has 0 aliphatic carbocycles. The van der Waals surface area contributed by atoms with Crippen molar-refractivity contribution in [1.82, 2.24) is 4.90 Å². The predicted molar refractivity (Wildman–Crippen MR) is 110 cm³/mol. The van der Waals surface area contributed by atoms with E-state index in [0.29, 0.717) is 22.2 Å². The highest BCUT2D eigenvalue weighted by molar-refractivity contribution is 6.32. The van der Waals surface area contributed by atoms with Crippen molar-refractivity contribution in [2.45, 2.75) is 0 Å². The van der Waals surface area contributed by atoms with Crippen LogP contribution in [0.4, 0.5) is 11.4 Å². The summed E-state index contributed by atoms with van der Waals surface area (Å²) in [6, 6.07) is 10.6. The molecule has 0 saturated carbocycles. The maximum absolute atomic E-state index is 12.5. The van der Waals surface area contributed by atoms with Gasteiger partial charge in [0, 0.05) is 32.2 Å². The van der Waals surface area contributed by atoms with Crippen molar-refractivity contribution in [3.05, 3.63) is 41.4 Å². The summed E-state index contributed by atoms with van der Waals surface area (Å²) in [7, 11) is 3.05. The van der Waals surface area contributed by atoms with Gasteiger partial charge in [0.15, 0.2) is 0 Å². The van der Waals surface area contributed by atoms with Gasteiger partial charge in [0.2, 0.25) is 5.91 Å². The number of hydrogen-bond donors (Lipinski definition) is 2. The predicted octanol–water partition coefficient (Wildman–Crippen LogP) is 2.82. The molecule has 1 amide bonds. The van der Waals surface area contributed by atoms with Gasteiger partial charge in [-0.3, -0.25) is 9.69 Å². The van der Waals surface area contributed by atoms with Crippen LogP contribution in [0.15, 0.2) is 36.4 Å². The Morgan fingerprint density at radius 3 is 2.43 bits per heavy atom. The summed E-state index contributed by atoms with van der Waals surface area (Å²) in [6.45, 7) is 3.19. The third-order valence-electron chi connectivity index (χ3n) is 4.71. The molecule has 1 heterocycles. The van der Waals surface area contributed by atoms with E-state index >= 15 is 0 Å². The highest BCUT2D eigenvalue weighted by Gasteiger charge is 2.21. The fraction of sp³-hybridized carbons (Fsp3) is 0.350. The Hall–Kier alpha value is -2.64. The van der Waals surface area contributed by atoms with Crippen LogP contribution in [0.1, 0.15) is 0 Å². The Morgan fingerprint density at radius 1 is 1.11 bits per heavy atom. The fourth-order valence-corrected chi connectivity index (χ4v) is 3.47. The lowest BCUT2D eigenvalue weighted by molar-refractivity contribution is -0.117. The molecule has 1 aliphatic rings. The summed E-state index contributed by atoms with van der Waals surface area (Å²) in [4.78, 5) is 16.7. The molecular weight excluding hydrogens is 382 g/mol. The molecule has 3 rings (SSSR count). The number of ether oxygens (including phenoxy) is 2. The minimum absolute atomic E-state index is 0.143. The summed E-state index contributed by atoms with van der Waals surface area (Å²) < 4.78 is 10.5. The summed E-state index contributed by atoms with van der Waals surface area (Å²) in [5.41, 5.74) is 1.33. The summed E-state index contributed by atoms with van der Waals surface area (Å²) in [5.74, 6) is 1.10. The zero-order valence-corrected chi connectivity index (χ0v) is 16.7. The van der Waals surface area contributed by atoms with Gasteiger partial charge in [-0.25, -0.2) is 0 Å². The zero-order valence-electron chi connectivity index (χ0n) is 15.9. The van der Waals surface area contributed by atoms with Crippen LogP contribution in [0, 0.1) is 0 Å². The molecule has 0 spiro atoms. The maximum Gasteiger partial charge on any atom is 0.238 e. The van der Waals surface area contributed by atoms with Crippen LogP contribution < -0.4 is 19.7 Å². The zero-order chi connectivity index (χ0) is 20.1. The van der Waals surface area contributed by atoms with E-state index in [-0.39, 0.29) is 18.2 Å². The molecule has 0 radical (unpaired) electrons. The molecular formula is C20H24ClN3O4. The number of amides is 1. The van der Waals surface area contributed by atoms with Gasteiger partial charge in [-0.1, -0.05) is 23.7 Å². The monoisotopic (exact) mass is 405 g/mol. The number of para-hydroxylation sites is 2. The molecule has 1 fully saturated rings. The minimum Gasteiger partial charge on any atom is -0.506 e. The van der Waals surface area contributed by atoms with E-state index in [4.69, 9.17) is 21.1 Å². The number of benzene rings is 2. The third kappa shape index (κ3) is 4.61. The van der Waals surface area contributed by atoms with E-state index in [1.807, 2.05) is 12.1 Å². The molecule has 0 unspecified atom stereocenters. The lowest BCUT2D eigenvalue weighted by Crippen LogP contribution is -2.48. The molecule has 2 N–H and O–H groups in total. The molecule has 0 bridgehead atoms. The highest BCUT2D eigenvalue weighted by atomic mass is 35.5. The first kappa shape index (κ1) is 20.1. The Balaban J connectivity index is 1.57. The van der Waals surface area contributed by atoms with Crippen molar-refractivity contribution in [3.63, 3.8) is 0 Å². The van der Waals surface area contributed by atoms with E-state index in [2.05, 4.69) is 15.1 Å². The maximum atomic E-state index is 12.5. The molecule has 150 valence electrons. The van der Waals surface area contributed by atoms with Crippen molar-refractivity contribution >= 4 is 28.9 Å². The number of phenols is 1. The molecule has 0 aromatic heterocycles. The molecule has 1 saturated heterocycles. The van der Waals surface area contributed by atoms with E-state index in [0.717, 1.165) is 31.9 Å². The van der Waals surface area contributed by atoms with Crippen molar-refractivity contribution in [1.29, 1.82) is 0 Å². The van der Waals surface area contributed by atoms with Crippen LogP contribution >= 0.6 is 11.6 Å². The smallest absolute Gasteiger partial charge is 0.238 e. The van der Waals surface area contributed by atoms with E-state index in [9.17, 15) is 9.90 Å². The van der Waals surface area contributed by atoms with Crippen LogP contribution in [0.5, 0.6) is 17.2 Å². The molecule has 28 heavy (non-hydrogen) atoms. The quantitative estimate of drug-likeness (QED) is 0.769. The molecule has 0 atom stereocenters. The van der Waals surface area contributed by atoms with Crippen LogP contribution in [-0.2, 0) is 4.79 Å². The van der Waals surface area contributed by atoms with Crippen molar-refractivity contribution < 1.29 is 19.4 Å². The fourth-order valence-electron chi connectivity index (χ4n) is 3.23. The number of phenolic OH excluding ortho intramolecular Hbond substituents is 1. The van der Waals surface area contributed by atoms with Gasteiger partial charge in [0.25, 0.3) is 0 Å². The lowest BCUT2D eigenvalue weighted by atomic mass is 10.2. The number of aromatic hydroxyl groups is 1. The number of anilines is 2. The number of halogens is 1. The topological polar surface area (TPSA) is 74.3 Å². The normalized spacial score (nSPS) is 14.6. The van der Waals surface area contributed by atoms with E-state index < -0.39 is 0 Å². The van der Waals surface area contributed by atoms with Gasteiger partial charge in [-0.2, -0.15) is 0 Å². The van der Waals surface area contributed by atoms with E-state index in [1.54, 1.807) is 24.3 Å². The Bertz CT molecular complexity index is 838. The molecule has 2 aromatic carbocycles. The Morgan fingerprint density at radius 2 is 1.79 bits per heavy atom. The third-order valence-corrected chi connectivity index (χ3v) is 5.01. The van der Waals surface area contributed by atoms with Crippen LogP contribution in [0.2, 0.25) is 5.02 Å². The number of rotatable bonds is 6. The lowest BCUT2D eigenvalue weighted by Gasteiger charge is -2.35. The summed E-state index contributed by atoms with van der Waals surface area (Å²) in [5, 5.41) is 13.2. The average Bonchev–Trinajstić information content (AvgIpc) is 2.69. The van der Waals surface area contributed by atoms with Gasteiger partial charge >= 0.3 is 0 Å². The van der Waals surface area contributed by atoms with Crippen molar-refractivity contribution in [3.8, 4) is 17.2 Å². The Kier molecular flexibility index (Phi) is 6.49. The van der Waals surface area contributed by atoms with Gasteiger partial charge in [0.05, 0.1) is 37.2 Å². The van der Waals surface area contributed by atoms with E-state index in [1.165, 1.54) is 14.2 Å². The summed E-state index contributed by atoms with van der Waals surface area (Å²) >= 11 is 6.15. The number of nitrogens with zero attached hydrogens (tertiary/aromatic N) is 2. The number of methoxy groups -OCH3 is 2. The SMILES string of the molecule is COc1cc(OC)c(NC(=O)CN2CCN(c3ccccc3O)CC2)cc1Cl.